The molecule has 0 N–H and O–H groups in total. The van der Waals surface area contributed by atoms with E-state index in [0.29, 0.717) is 18.0 Å². The quantitative estimate of drug-likeness (QED) is 0.503. The van der Waals surface area contributed by atoms with Gasteiger partial charge in [0.1, 0.15) is 11.5 Å². The van der Waals surface area contributed by atoms with Gasteiger partial charge in [0.05, 0.1) is 14.2 Å². The van der Waals surface area contributed by atoms with Gasteiger partial charge in [-0.3, -0.25) is 9.80 Å². The Balaban J connectivity index is 1.47. The van der Waals surface area contributed by atoms with Crippen molar-refractivity contribution in [1.82, 2.24) is 9.80 Å². The summed E-state index contributed by atoms with van der Waals surface area (Å²) in [7, 11) is 3.45. The predicted octanol–water partition coefficient (Wildman–Crippen LogP) is 5.18. The van der Waals surface area contributed by atoms with Crippen LogP contribution < -0.4 is 9.47 Å². The van der Waals surface area contributed by atoms with Gasteiger partial charge in [0.15, 0.2) is 0 Å². The lowest BCUT2D eigenvalue weighted by Gasteiger charge is -2.47. The van der Waals surface area contributed by atoms with E-state index in [1.54, 1.807) is 14.2 Å². The van der Waals surface area contributed by atoms with Gasteiger partial charge >= 0.3 is 0 Å². The molecule has 0 aliphatic carbocycles. The Hall–Kier alpha value is -2.82. The lowest BCUT2D eigenvalue weighted by molar-refractivity contribution is 0.0380. The van der Waals surface area contributed by atoms with Crippen molar-refractivity contribution in [2.75, 3.05) is 33.9 Å². The third-order valence-corrected chi connectivity index (χ3v) is 7.35. The fourth-order valence-corrected chi connectivity index (χ4v) is 5.84. The van der Waals surface area contributed by atoms with Crippen LogP contribution in [-0.2, 0) is 6.54 Å². The number of rotatable bonds is 7. The van der Waals surface area contributed by atoms with Crippen LogP contribution in [-0.4, -0.2) is 55.7 Å². The largest absolute Gasteiger partial charge is 0.497 e. The van der Waals surface area contributed by atoms with Crippen molar-refractivity contribution in [3.63, 3.8) is 0 Å². The summed E-state index contributed by atoms with van der Waals surface area (Å²) in [5.74, 6) is 2.10. The van der Waals surface area contributed by atoms with Gasteiger partial charge in [-0.1, -0.05) is 66.7 Å². The molecule has 2 heterocycles. The number of hydrogen-bond acceptors (Lipinski definition) is 4. The van der Waals surface area contributed by atoms with E-state index in [1.807, 2.05) is 12.1 Å². The van der Waals surface area contributed by atoms with Crippen molar-refractivity contribution in [3.8, 4) is 11.5 Å². The summed E-state index contributed by atoms with van der Waals surface area (Å²) in [6.45, 7) is 4.25. The molecule has 2 saturated heterocycles. The maximum Gasteiger partial charge on any atom is 0.127 e. The number of nitrogens with zero attached hydrogens (tertiary/aromatic N) is 2. The number of methoxy groups -OCH3 is 2. The zero-order valence-corrected chi connectivity index (χ0v) is 19.7. The summed E-state index contributed by atoms with van der Waals surface area (Å²) >= 11 is 0. The van der Waals surface area contributed by atoms with Crippen LogP contribution in [0.1, 0.15) is 35.4 Å². The van der Waals surface area contributed by atoms with E-state index in [9.17, 15) is 0 Å². The van der Waals surface area contributed by atoms with E-state index < -0.39 is 0 Å². The molecule has 0 unspecified atom stereocenters. The minimum absolute atomic E-state index is 0.355. The summed E-state index contributed by atoms with van der Waals surface area (Å²) in [5, 5.41) is 0. The van der Waals surface area contributed by atoms with Crippen LogP contribution in [0.5, 0.6) is 11.5 Å². The molecule has 0 aromatic heterocycles. The molecular formula is C29H34N2O2. The molecule has 4 nitrogen and oxygen atoms in total. The first-order valence-electron chi connectivity index (χ1n) is 12.1. The van der Waals surface area contributed by atoms with Crippen molar-refractivity contribution in [1.29, 1.82) is 0 Å². The zero-order chi connectivity index (χ0) is 22.6. The molecule has 4 heteroatoms. The molecule has 2 aliphatic heterocycles. The fourth-order valence-electron chi connectivity index (χ4n) is 5.84. The number of piperazine rings is 1. The van der Waals surface area contributed by atoms with Crippen LogP contribution in [0.25, 0.3) is 0 Å². The van der Waals surface area contributed by atoms with Crippen LogP contribution in [0.3, 0.4) is 0 Å². The average Bonchev–Trinajstić information content (AvgIpc) is 3.35. The Morgan fingerprint density at radius 3 is 2.18 bits per heavy atom. The van der Waals surface area contributed by atoms with Gasteiger partial charge in [0.25, 0.3) is 0 Å². The SMILES string of the molecule is COc1ccc(CN2C[C@@H]3CCCN3[C@H](C(c3ccccc3)c3ccccc3)C2)c(OC)c1. The second-order valence-corrected chi connectivity index (χ2v) is 9.27. The zero-order valence-electron chi connectivity index (χ0n) is 19.7. The van der Waals surface area contributed by atoms with Gasteiger partial charge in [-0.05, 0) is 36.6 Å². The minimum atomic E-state index is 0.355. The van der Waals surface area contributed by atoms with Crippen molar-refractivity contribution in [3.05, 3.63) is 95.6 Å². The Kier molecular flexibility index (Phi) is 6.65. The molecule has 172 valence electrons. The third kappa shape index (κ3) is 4.64. The standard InChI is InChI=1S/C29H34N2O2/c1-32-26-16-15-24(28(18-26)33-2)19-30-20-25-14-9-17-31(25)27(21-30)29(22-10-5-3-6-11-22)23-12-7-4-8-13-23/h3-8,10-13,15-16,18,25,27,29H,9,14,17,19-21H2,1-2H3/t25-,27-/m0/s1. The first-order valence-corrected chi connectivity index (χ1v) is 12.1. The van der Waals surface area contributed by atoms with Crippen molar-refractivity contribution in [2.24, 2.45) is 0 Å². The van der Waals surface area contributed by atoms with Gasteiger partial charge < -0.3 is 9.47 Å². The second kappa shape index (κ2) is 9.98. The van der Waals surface area contributed by atoms with E-state index in [1.165, 1.54) is 36.1 Å². The first kappa shape index (κ1) is 22.0. The molecule has 0 saturated carbocycles. The molecule has 3 aromatic carbocycles. The summed E-state index contributed by atoms with van der Waals surface area (Å²) in [5.41, 5.74) is 4.03. The second-order valence-electron chi connectivity index (χ2n) is 9.27. The Morgan fingerprint density at radius 2 is 1.55 bits per heavy atom. The summed E-state index contributed by atoms with van der Waals surface area (Å²) in [4.78, 5) is 5.44. The number of benzene rings is 3. The molecule has 2 fully saturated rings. The molecule has 0 bridgehead atoms. The molecule has 2 aliphatic rings. The van der Waals surface area contributed by atoms with Gasteiger partial charge in [-0.15, -0.1) is 0 Å². The normalized spacial score (nSPS) is 21.2. The van der Waals surface area contributed by atoms with Crippen LogP contribution in [0.15, 0.2) is 78.9 Å². The Bertz CT molecular complexity index is 1000. The number of ether oxygens (including phenoxy) is 2. The van der Waals surface area contributed by atoms with E-state index in [4.69, 9.17) is 9.47 Å². The highest BCUT2D eigenvalue weighted by atomic mass is 16.5. The highest BCUT2D eigenvalue weighted by molar-refractivity contribution is 5.41. The molecule has 2 atom stereocenters. The predicted molar refractivity (Wildman–Crippen MR) is 133 cm³/mol. The lowest BCUT2D eigenvalue weighted by Crippen LogP contribution is -2.57. The van der Waals surface area contributed by atoms with Crippen LogP contribution >= 0.6 is 0 Å². The Morgan fingerprint density at radius 1 is 0.848 bits per heavy atom. The average molecular weight is 443 g/mol. The summed E-state index contributed by atoms with van der Waals surface area (Å²) < 4.78 is 11.1. The van der Waals surface area contributed by atoms with Crippen molar-refractivity contribution in [2.45, 2.75) is 37.4 Å². The van der Waals surface area contributed by atoms with Gasteiger partial charge in [0, 0.05) is 49.3 Å². The molecule has 5 rings (SSSR count). The van der Waals surface area contributed by atoms with Gasteiger partial charge in [-0.2, -0.15) is 0 Å². The lowest BCUT2D eigenvalue weighted by atomic mass is 9.82. The van der Waals surface area contributed by atoms with Gasteiger partial charge in [-0.25, -0.2) is 0 Å². The monoisotopic (exact) mass is 442 g/mol. The first-order chi connectivity index (χ1) is 16.3. The summed E-state index contributed by atoms with van der Waals surface area (Å²) in [6, 6.07) is 29.4. The number of fused-ring (bicyclic) bond motifs is 1. The highest BCUT2D eigenvalue weighted by Crippen LogP contribution is 2.38. The van der Waals surface area contributed by atoms with Crippen LogP contribution in [0.2, 0.25) is 0 Å². The topological polar surface area (TPSA) is 24.9 Å². The molecule has 0 spiro atoms. The van der Waals surface area contributed by atoms with Crippen LogP contribution in [0, 0.1) is 0 Å². The van der Waals surface area contributed by atoms with E-state index >= 15 is 0 Å². The van der Waals surface area contributed by atoms with Crippen LogP contribution in [0.4, 0.5) is 0 Å². The Labute approximate surface area is 197 Å². The minimum Gasteiger partial charge on any atom is -0.497 e. The fraction of sp³-hybridized carbons (Fsp3) is 0.379. The molecule has 0 radical (unpaired) electrons. The highest BCUT2D eigenvalue weighted by Gasteiger charge is 2.41. The molecule has 0 amide bonds. The molecular weight excluding hydrogens is 408 g/mol. The van der Waals surface area contributed by atoms with E-state index in [2.05, 4.69) is 76.5 Å². The van der Waals surface area contributed by atoms with E-state index in [-0.39, 0.29) is 0 Å². The third-order valence-electron chi connectivity index (χ3n) is 7.35. The maximum atomic E-state index is 5.71. The van der Waals surface area contributed by atoms with Crippen molar-refractivity contribution < 1.29 is 9.47 Å². The smallest absolute Gasteiger partial charge is 0.127 e. The number of hydrogen-bond donors (Lipinski definition) is 0. The van der Waals surface area contributed by atoms with Gasteiger partial charge in [0.2, 0.25) is 0 Å². The molecule has 3 aromatic rings. The van der Waals surface area contributed by atoms with Crippen molar-refractivity contribution >= 4 is 0 Å². The summed E-state index contributed by atoms with van der Waals surface area (Å²) in [6.07, 6.45) is 2.57. The molecule has 33 heavy (non-hydrogen) atoms. The maximum absolute atomic E-state index is 5.71. The van der Waals surface area contributed by atoms with E-state index in [0.717, 1.165) is 31.1 Å².